The van der Waals surface area contributed by atoms with Crippen LogP contribution in [-0.2, 0) is 0 Å². The van der Waals surface area contributed by atoms with Crippen molar-refractivity contribution in [1.29, 1.82) is 0 Å². The fraction of sp³-hybridized carbons (Fsp3) is 0.667. The van der Waals surface area contributed by atoms with E-state index in [0.29, 0.717) is 6.04 Å². The third-order valence-corrected chi connectivity index (χ3v) is 4.51. The predicted molar refractivity (Wildman–Crippen MR) is 83.5 cm³/mol. The molecule has 1 aliphatic carbocycles. The lowest BCUT2D eigenvalue weighted by Gasteiger charge is -2.32. The first-order chi connectivity index (χ1) is 9.22. The lowest BCUT2D eigenvalue weighted by molar-refractivity contribution is 0.271. The molecule has 0 radical (unpaired) electrons. The van der Waals surface area contributed by atoms with Gasteiger partial charge in [-0.25, -0.2) is 0 Å². The molecule has 0 amide bonds. The van der Waals surface area contributed by atoms with Gasteiger partial charge in [-0.2, -0.15) is 0 Å². The molecule has 1 heteroatoms. The highest BCUT2D eigenvalue weighted by Gasteiger charge is 2.25. The molecule has 0 heterocycles. The summed E-state index contributed by atoms with van der Waals surface area (Å²) in [6, 6.07) is 7.49. The molecular weight excluding hydrogens is 230 g/mol. The summed E-state index contributed by atoms with van der Waals surface area (Å²) in [5.74, 6) is 0.834. The summed E-state index contributed by atoms with van der Waals surface area (Å²) >= 11 is 0. The van der Waals surface area contributed by atoms with Crippen molar-refractivity contribution in [2.24, 2.45) is 5.92 Å². The van der Waals surface area contributed by atoms with Crippen LogP contribution in [0.15, 0.2) is 18.2 Å². The summed E-state index contributed by atoms with van der Waals surface area (Å²) in [6.45, 7) is 7.86. The van der Waals surface area contributed by atoms with Crippen LogP contribution < -0.4 is 5.32 Å². The Bertz CT molecular complexity index is 391. The molecule has 1 atom stereocenters. The molecule has 2 rings (SSSR count). The second-order valence-electron chi connectivity index (χ2n) is 6.19. The van der Waals surface area contributed by atoms with Crippen molar-refractivity contribution in [3.63, 3.8) is 0 Å². The van der Waals surface area contributed by atoms with E-state index in [1.807, 2.05) is 0 Å². The zero-order valence-electron chi connectivity index (χ0n) is 12.8. The topological polar surface area (TPSA) is 12.0 Å². The van der Waals surface area contributed by atoms with Crippen molar-refractivity contribution < 1.29 is 0 Å². The van der Waals surface area contributed by atoms with Gasteiger partial charge in [0.05, 0.1) is 0 Å². The van der Waals surface area contributed by atoms with Crippen molar-refractivity contribution >= 4 is 0 Å². The average molecular weight is 259 g/mol. The minimum absolute atomic E-state index is 0.570. The summed E-state index contributed by atoms with van der Waals surface area (Å²) < 4.78 is 0. The fourth-order valence-electron chi connectivity index (χ4n) is 3.39. The maximum atomic E-state index is 3.82. The normalized spacial score (nSPS) is 18.5. The molecule has 1 fully saturated rings. The monoisotopic (exact) mass is 259 g/mol. The summed E-state index contributed by atoms with van der Waals surface area (Å²) in [6.07, 6.45) is 8.28. The lowest BCUT2D eigenvalue weighted by Crippen LogP contribution is -2.31. The van der Waals surface area contributed by atoms with Gasteiger partial charge >= 0.3 is 0 Å². The lowest BCUT2D eigenvalue weighted by atomic mass is 9.79. The van der Waals surface area contributed by atoms with Gasteiger partial charge in [0, 0.05) is 6.04 Å². The second kappa shape index (κ2) is 7.09. The number of aryl methyl sites for hydroxylation is 2. The molecule has 0 aromatic heterocycles. The molecule has 1 aliphatic rings. The van der Waals surface area contributed by atoms with Crippen LogP contribution in [0.5, 0.6) is 0 Å². The van der Waals surface area contributed by atoms with Crippen molar-refractivity contribution in [3.05, 3.63) is 34.9 Å². The molecule has 1 saturated carbocycles. The van der Waals surface area contributed by atoms with Crippen LogP contribution >= 0.6 is 0 Å². The molecule has 0 aliphatic heterocycles. The highest BCUT2D eigenvalue weighted by atomic mass is 14.9. The van der Waals surface area contributed by atoms with Crippen LogP contribution in [0.3, 0.4) is 0 Å². The van der Waals surface area contributed by atoms with Gasteiger partial charge in [0.2, 0.25) is 0 Å². The maximum absolute atomic E-state index is 3.82. The minimum atomic E-state index is 0.570. The van der Waals surface area contributed by atoms with Gasteiger partial charge in [0.25, 0.3) is 0 Å². The quantitative estimate of drug-likeness (QED) is 0.791. The summed E-state index contributed by atoms with van der Waals surface area (Å²) in [4.78, 5) is 0. The van der Waals surface area contributed by atoms with Gasteiger partial charge in [-0.3, -0.25) is 0 Å². The van der Waals surface area contributed by atoms with E-state index in [1.54, 1.807) is 5.56 Å². The van der Waals surface area contributed by atoms with Gasteiger partial charge in [-0.15, -0.1) is 0 Å². The average Bonchev–Trinajstić information content (AvgIpc) is 2.44. The third kappa shape index (κ3) is 3.82. The Labute approximate surface area is 118 Å². The van der Waals surface area contributed by atoms with Gasteiger partial charge in [-0.1, -0.05) is 49.9 Å². The molecule has 0 bridgehead atoms. The Morgan fingerprint density at radius 1 is 1.16 bits per heavy atom. The van der Waals surface area contributed by atoms with Gasteiger partial charge in [-0.05, 0) is 56.7 Å². The largest absolute Gasteiger partial charge is 0.310 e. The van der Waals surface area contributed by atoms with Crippen molar-refractivity contribution in [3.8, 4) is 0 Å². The fourth-order valence-corrected chi connectivity index (χ4v) is 3.39. The first-order valence-electron chi connectivity index (χ1n) is 8.03. The van der Waals surface area contributed by atoms with Crippen LogP contribution in [-0.4, -0.2) is 6.54 Å². The van der Waals surface area contributed by atoms with Gasteiger partial charge < -0.3 is 5.32 Å². The SMILES string of the molecule is CCCNC(c1cc(C)ccc1C)C1CCCCC1. The Morgan fingerprint density at radius 3 is 2.58 bits per heavy atom. The molecule has 1 N–H and O–H groups in total. The zero-order valence-corrected chi connectivity index (χ0v) is 12.8. The number of nitrogens with one attached hydrogen (secondary N) is 1. The van der Waals surface area contributed by atoms with Crippen molar-refractivity contribution in [1.82, 2.24) is 5.32 Å². The van der Waals surface area contributed by atoms with Crippen molar-refractivity contribution in [2.45, 2.75) is 65.3 Å². The maximum Gasteiger partial charge on any atom is 0.0351 e. The molecular formula is C18H29N. The van der Waals surface area contributed by atoms with E-state index >= 15 is 0 Å². The third-order valence-electron chi connectivity index (χ3n) is 4.51. The molecule has 1 aromatic rings. The molecule has 1 unspecified atom stereocenters. The van der Waals surface area contributed by atoms with Crippen LogP contribution in [0.25, 0.3) is 0 Å². The first kappa shape index (κ1) is 14.6. The van der Waals surface area contributed by atoms with Crippen LogP contribution in [0.1, 0.15) is 68.2 Å². The number of rotatable bonds is 5. The summed E-state index contributed by atoms with van der Waals surface area (Å²) in [5, 5.41) is 3.82. The van der Waals surface area contributed by atoms with E-state index in [0.717, 1.165) is 12.5 Å². The highest BCUT2D eigenvalue weighted by Crippen LogP contribution is 2.35. The smallest absolute Gasteiger partial charge is 0.0351 e. The van der Waals surface area contributed by atoms with Crippen molar-refractivity contribution in [2.75, 3.05) is 6.54 Å². The zero-order chi connectivity index (χ0) is 13.7. The van der Waals surface area contributed by atoms with E-state index in [-0.39, 0.29) is 0 Å². The molecule has 106 valence electrons. The first-order valence-corrected chi connectivity index (χ1v) is 8.03. The highest BCUT2D eigenvalue weighted by molar-refractivity contribution is 5.33. The van der Waals surface area contributed by atoms with Gasteiger partial charge in [0.1, 0.15) is 0 Å². The van der Waals surface area contributed by atoms with Gasteiger partial charge in [0.15, 0.2) is 0 Å². The molecule has 0 spiro atoms. The molecule has 1 nitrogen and oxygen atoms in total. The number of hydrogen-bond acceptors (Lipinski definition) is 1. The van der Waals surface area contributed by atoms with Crippen LogP contribution in [0, 0.1) is 19.8 Å². The standard InChI is InChI=1S/C18H29N/c1-4-12-19-18(16-8-6-5-7-9-16)17-13-14(2)10-11-15(17)3/h10-11,13,16,18-19H,4-9,12H2,1-3H3. The molecule has 0 saturated heterocycles. The van der Waals surface area contributed by atoms with E-state index in [4.69, 9.17) is 0 Å². The number of benzene rings is 1. The Hall–Kier alpha value is -0.820. The Balaban J connectivity index is 2.22. The predicted octanol–water partition coefficient (Wildman–Crippen LogP) is 4.92. The van der Waals surface area contributed by atoms with Crippen LogP contribution in [0.2, 0.25) is 0 Å². The van der Waals surface area contributed by atoms with Crippen LogP contribution in [0.4, 0.5) is 0 Å². The Kier molecular flexibility index (Phi) is 5.45. The van der Waals surface area contributed by atoms with E-state index in [1.165, 1.54) is 49.7 Å². The molecule has 1 aromatic carbocycles. The summed E-state index contributed by atoms with van der Waals surface area (Å²) in [7, 11) is 0. The minimum Gasteiger partial charge on any atom is -0.310 e. The van der Waals surface area contributed by atoms with E-state index in [9.17, 15) is 0 Å². The summed E-state index contributed by atoms with van der Waals surface area (Å²) in [5.41, 5.74) is 4.38. The Morgan fingerprint density at radius 2 is 1.89 bits per heavy atom. The second-order valence-corrected chi connectivity index (χ2v) is 6.19. The molecule has 19 heavy (non-hydrogen) atoms. The van der Waals surface area contributed by atoms with E-state index < -0.39 is 0 Å². The number of hydrogen-bond donors (Lipinski definition) is 1. The van der Waals surface area contributed by atoms with E-state index in [2.05, 4.69) is 44.3 Å².